The van der Waals surface area contributed by atoms with Crippen LogP contribution in [0.25, 0.3) is 0 Å². The summed E-state index contributed by atoms with van der Waals surface area (Å²) in [5, 5.41) is 8.35. The molecule has 0 aromatic heterocycles. The highest BCUT2D eigenvalue weighted by atomic mass is 16.4. The lowest BCUT2D eigenvalue weighted by Gasteiger charge is -1.90. The van der Waals surface area contributed by atoms with E-state index in [1.807, 2.05) is 13.0 Å². The highest BCUT2D eigenvalue weighted by Gasteiger charge is 1.92. The van der Waals surface area contributed by atoms with E-state index in [0.717, 1.165) is 25.7 Å². The zero-order chi connectivity index (χ0) is 9.94. The van der Waals surface area contributed by atoms with E-state index in [4.69, 9.17) is 5.11 Å². The van der Waals surface area contributed by atoms with Gasteiger partial charge in [0.2, 0.25) is 0 Å². The number of hydrogen-bond acceptors (Lipinski definition) is 1. The Hall–Kier alpha value is -1.05. The number of carboxylic acids is 1. The highest BCUT2D eigenvalue weighted by Crippen LogP contribution is 1.99. The molecule has 13 heavy (non-hydrogen) atoms. The monoisotopic (exact) mass is 182 g/mol. The Morgan fingerprint density at radius 1 is 1.15 bits per heavy atom. The molecule has 0 spiro atoms. The molecule has 2 nitrogen and oxygen atoms in total. The molecule has 0 saturated carbocycles. The predicted molar refractivity (Wildman–Crippen MR) is 54.7 cm³/mol. The number of hydrogen-bond donors (Lipinski definition) is 1. The lowest BCUT2D eigenvalue weighted by atomic mass is 10.2. The third-order valence-corrected chi connectivity index (χ3v) is 1.66. The summed E-state index contributed by atoms with van der Waals surface area (Å²) >= 11 is 0. The number of aliphatic carboxylic acids is 1. The molecular formula is C11H18O2. The lowest BCUT2D eigenvalue weighted by molar-refractivity contribution is -0.137. The van der Waals surface area contributed by atoms with E-state index < -0.39 is 5.97 Å². The van der Waals surface area contributed by atoms with Crippen LogP contribution in [-0.2, 0) is 4.79 Å². The Balaban J connectivity index is 3.17. The van der Waals surface area contributed by atoms with Crippen LogP contribution in [0, 0.1) is 0 Å². The number of carboxylic acid groups (broad SMARTS) is 1. The summed E-state index contributed by atoms with van der Waals surface area (Å²) in [5.41, 5.74) is 0. The van der Waals surface area contributed by atoms with Crippen molar-refractivity contribution in [2.24, 2.45) is 0 Å². The summed E-state index contributed by atoms with van der Waals surface area (Å²) in [5.74, 6) is -0.706. The molecule has 0 aromatic rings. The maximum absolute atomic E-state index is 10.1. The van der Waals surface area contributed by atoms with E-state index in [2.05, 4.69) is 18.2 Å². The number of unbranched alkanes of at least 4 members (excludes halogenated alkanes) is 2. The Labute approximate surface area is 80.0 Å². The van der Waals surface area contributed by atoms with Crippen LogP contribution < -0.4 is 0 Å². The largest absolute Gasteiger partial charge is 0.481 e. The van der Waals surface area contributed by atoms with Gasteiger partial charge in [0.25, 0.3) is 0 Å². The summed E-state index contributed by atoms with van der Waals surface area (Å²) < 4.78 is 0. The fourth-order valence-corrected chi connectivity index (χ4v) is 0.966. The first-order valence-electron chi connectivity index (χ1n) is 4.75. The van der Waals surface area contributed by atoms with Gasteiger partial charge in [0.1, 0.15) is 0 Å². The second-order valence-corrected chi connectivity index (χ2v) is 2.90. The molecule has 0 aromatic carbocycles. The fourth-order valence-electron chi connectivity index (χ4n) is 0.966. The van der Waals surface area contributed by atoms with Gasteiger partial charge in [-0.15, -0.1) is 0 Å². The van der Waals surface area contributed by atoms with E-state index in [1.165, 1.54) is 0 Å². The Morgan fingerprint density at radius 2 is 1.77 bits per heavy atom. The first-order chi connectivity index (χ1) is 6.27. The summed E-state index contributed by atoms with van der Waals surface area (Å²) in [7, 11) is 0. The van der Waals surface area contributed by atoms with E-state index >= 15 is 0 Å². The highest BCUT2D eigenvalue weighted by molar-refractivity contribution is 5.66. The van der Waals surface area contributed by atoms with E-state index in [9.17, 15) is 4.79 Å². The van der Waals surface area contributed by atoms with Crippen LogP contribution >= 0.6 is 0 Å². The maximum atomic E-state index is 10.1. The van der Waals surface area contributed by atoms with Crippen molar-refractivity contribution in [1.82, 2.24) is 0 Å². The minimum Gasteiger partial charge on any atom is -0.481 e. The van der Waals surface area contributed by atoms with Gasteiger partial charge in [-0.1, -0.05) is 24.3 Å². The fraction of sp³-hybridized carbons (Fsp3) is 0.545. The standard InChI is InChI=1S/C11H18O2/c1-2-3-4-5-6-7-8-9-10-11(12)13/h2-3,6-7H,4-5,8-10H2,1H3,(H,12,13). The van der Waals surface area contributed by atoms with Gasteiger partial charge in [0.15, 0.2) is 0 Å². The van der Waals surface area contributed by atoms with Crippen LogP contribution in [0.15, 0.2) is 24.3 Å². The van der Waals surface area contributed by atoms with Gasteiger partial charge in [0.05, 0.1) is 0 Å². The molecule has 0 bridgehead atoms. The van der Waals surface area contributed by atoms with Crippen molar-refractivity contribution in [3.63, 3.8) is 0 Å². The van der Waals surface area contributed by atoms with Gasteiger partial charge in [-0.25, -0.2) is 0 Å². The Morgan fingerprint density at radius 3 is 2.38 bits per heavy atom. The number of allylic oxidation sites excluding steroid dienone is 4. The molecule has 2 heteroatoms. The Bertz CT molecular complexity index is 181. The predicted octanol–water partition coefficient (Wildman–Crippen LogP) is 3.15. The van der Waals surface area contributed by atoms with Crippen molar-refractivity contribution >= 4 is 5.97 Å². The average molecular weight is 182 g/mol. The minimum atomic E-state index is -0.706. The molecule has 1 N–H and O–H groups in total. The molecule has 0 aliphatic rings. The minimum absolute atomic E-state index is 0.277. The van der Waals surface area contributed by atoms with Crippen molar-refractivity contribution < 1.29 is 9.90 Å². The van der Waals surface area contributed by atoms with E-state index in [0.29, 0.717) is 0 Å². The summed E-state index contributed by atoms with van der Waals surface area (Å²) in [4.78, 5) is 10.1. The zero-order valence-corrected chi connectivity index (χ0v) is 8.20. The third-order valence-electron chi connectivity index (χ3n) is 1.66. The van der Waals surface area contributed by atoms with Crippen molar-refractivity contribution in [2.75, 3.05) is 0 Å². The normalized spacial score (nSPS) is 11.5. The van der Waals surface area contributed by atoms with Crippen LogP contribution in [0.3, 0.4) is 0 Å². The second kappa shape index (κ2) is 9.04. The van der Waals surface area contributed by atoms with Crippen LogP contribution in [0.1, 0.15) is 39.0 Å². The number of rotatable bonds is 7. The molecule has 0 atom stereocenters. The molecular weight excluding hydrogens is 164 g/mol. The molecule has 0 unspecified atom stereocenters. The molecule has 0 aliphatic heterocycles. The van der Waals surface area contributed by atoms with Crippen molar-refractivity contribution in [2.45, 2.75) is 39.0 Å². The molecule has 0 heterocycles. The molecule has 0 fully saturated rings. The van der Waals surface area contributed by atoms with Gasteiger partial charge in [-0.05, 0) is 32.6 Å². The van der Waals surface area contributed by atoms with Crippen LogP contribution in [0.4, 0.5) is 0 Å². The zero-order valence-electron chi connectivity index (χ0n) is 8.20. The quantitative estimate of drug-likeness (QED) is 0.485. The van der Waals surface area contributed by atoms with Crippen LogP contribution in [-0.4, -0.2) is 11.1 Å². The molecule has 0 saturated heterocycles. The van der Waals surface area contributed by atoms with E-state index in [1.54, 1.807) is 0 Å². The first-order valence-corrected chi connectivity index (χ1v) is 4.75. The molecule has 0 radical (unpaired) electrons. The van der Waals surface area contributed by atoms with Gasteiger partial charge < -0.3 is 5.11 Å². The van der Waals surface area contributed by atoms with Crippen LogP contribution in [0.5, 0.6) is 0 Å². The average Bonchev–Trinajstić information content (AvgIpc) is 2.09. The topological polar surface area (TPSA) is 37.3 Å². The molecule has 74 valence electrons. The smallest absolute Gasteiger partial charge is 0.303 e. The van der Waals surface area contributed by atoms with Gasteiger partial charge in [0, 0.05) is 6.42 Å². The van der Waals surface area contributed by atoms with Gasteiger partial charge >= 0.3 is 5.97 Å². The molecule has 0 amide bonds. The lowest BCUT2D eigenvalue weighted by Crippen LogP contribution is -1.92. The third kappa shape index (κ3) is 10.9. The van der Waals surface area contributed by atoms with E-state index in [-0.39, 0.29) is 6.42 Å². The summed E-state index contributed by atoms with van der Waals surface area (Å²) in [6.45, 7) is 2.01. The molecule has 0 rings (SSSR count). The first kappa shape index (κ1) is 11.9. The number of carbonyl (C=O) groups is 1. The Kier molecular flexibility index (Phi) is 8.31. The summed E-state index contributed by atoms with van der Waals surface area (Å²) in [6, 6.07) is 0. The SMILES string of the molecule is CC=CCCC=CCCCC(=O)O. The van der Waals surface area contributed by atoms with Crippen molar-refractivity contribution in [3.8, 4) is 0 Å². The van der Waals surface area contributed by atoms with Crippen molar-refractivity contribution in [1.29, 1.82) is 0 Å². The van der Waals surface area contributed by atoms with Crippen molar-refractivity contribution in [3.05, 3.63) is 24.3 Å². The second-order valence-electron chi connectivity index (χ2n) is 2.90. The maximum Gasteiger partial charge on any atom is 0.303 e. The summed E-state index contributed by atoms with van der Waals surface area (Å²) in [6.07, 6.45) is 12.4. The molecule has 0 aliphatic carbocycles. The van der Waals surface area contributed by atoms with Gasteiger partial charge in [-0.3, -0.25) is 4.79 Å². The van der Waals surface area contributed by atoms with Crippen LogP contribution in [0.2, 0.25) is 0 Å². The van der Waals surface area contributed by atoms with Gasteiger partial charge in [-0.2, -0.15) is 0 Å².